The van der Waals surface area contributed by atoms with E-state index in [9.17, 15) is 18.0 Å². The van der Waals surface area contributed by atoms with Crippen molar-refractivity contribution in [3.8, 4) is 0 Å². The Bertz CT molecular complexity index is 464. The van der Waals surface area contributed by atoms with E-state index in [1.165, 1.54) is 0 Å². The average Bonchev–Trinajstić information content (AvgIpc) is 2.37. The number of halogens is 3. The van der Waals surface area contributed by atoms with Crippen LogP contribution in [-0.4, -0.2) is 31.8 Å². The van der Waals surface area contributed by atoms with Gasteiger partial charge in [-0.25, -0.2) is 0 Å². The summed E-state index contributed by atoms with van der Waals surface area (Å²) >= 11 is 0. The summed E-state index contributed by atoms with van der Waals surface area (Å²) in [7, 11) is 0. The highest BCUT2D eigenvalue weighted by Gasteiger charge is 2.27. The highest BCUT2D eigenvalue weighted by atomic mass is 19.4. The number of hydrogen-bond acceptors (Lipinski definition) is 3. The maximum atomic E-state index is 11.9. The third kappa shape index (κ3) is 7.10. The Kier molecular flexibility index (Phi) is 6.64. The third-order valence-corrected chi connectivity index (χ3v) is 2.68. The fourth-order valence-corrected chi connectivity index (χ4v) is 1.77. The van der Waals surface area contributed by atoms with Crippen molar-refractivity contribution in [2.24, 2.45) is 0 Å². The van der Waals surface area contributed by atoms with Crippen LogP contribution >= 0.6 is 0 Å². The second kappa shape index (κ2) is 7.99. The first kappa shape index (κ1) is 17.5. The summed E-state index contributed by atoms with van der Waals surface area (Å²) in [4.78, 5) is 11.5. The number of rotatable bonds is 7. The van der Waals surface area contributed by atoms with Crippen molar-refractivity contribution < 1.29 is 22.7 Å². The lowest BCUT2D eigenvalue weighted by molar-refractivity contribution is -0.174. The number of carbonyl (C=O) groups is 1. The van der Waals surface area contributed by atoms with Gasteiger partial charge in [0.15, 0.2) is 0 Å². The SMILES string of the molecule is CCNC(C)c1cccc(NC(=O)COCC(F)(F)F)c1. The van der Waals surface area contributed by atoms with Gasteiger partial charge in [0.05, 0.1) is 0 Å². The first-order valence-corrected chi connectivity index (χ1v) is 6.59. The zero-order chi connectivity index (χ0) is 15.9. The van der Waals surface area contributed by atoms with Crippen LogP contribution in [0.25, 0.3) is 0 Å². The van der Waals surface area contributed by atoms with Gasteiger partial charge < -0.3 is 15.4 Å². The topological polar surface area (TPSA) is 50.4 Å². The van der Waals surface area contributed by atoms with E-state index in [4.69, 9.17) is 0 Å². The third-order valence-electron chi connectivity index (χ3n) is 2.68. The molecule has 1 amide bonds. The van der Waals surface area contributed by atoms with E-state index in [1.807, 2.05) is 19.9 Å². The van der Waals surface area contributed by atoms with Gasteiger partial charge in [-0.3, -0.25) is 4.79 Å². The summed E-state index contributed by atoms with van der Waals surface area (Å²) in [6, 6.07) is 7.24. The summed E-state index contributed by atoms with van der Waals surface area (Å²) in [5, 5.41) is 5.74. The van der Waals surface area contributed by atoms with E-state index >= 15 is 0 Å². The molecule has 0 bridgehead atoms. The van der Waals surface area contributed by atoms with Crippen LogP contribution in [0.1, 0.15) is 25.5 Å². The quantitative estimate of drug-likeness (QED) is 0.814. The van der Waals surface area contributed by atoms with Crippen molar-refractivity contribution >= 4 is 11.6 Å². The molecule has 0 aliphatic heterocycles. The van der Waals surface area contributed by atoms with E-state index in [-0.39, 0.29) is 6.04 Å². The van der Waals surface area contributed by atoms with E-state index in [0.29, 0.717) is 5.69 Å². The Morgan fingerprint density at radius 3 is 2.71 bits per heavy atom. The number of nitrogens with one attached hydrogen (secondary N) is 2. The Hall–Kier alpha value is -1.60. The van der Waals surface area contributed by atoms with Gasteiger partial charge in [0.25, 0.3) is 0 Å². The first-order valence-electron chi connectivity index (χ1n) is 6.59. The summed E-state index contributed by atoms with van der Waals surface area (Å²) in [5.41, 5.74) is 1.50. The molecule has 1 aromatic carbocycles. The molecule has 1 unspecified atom stereocenters. The van der Waals surface area contributed by atoms with Crippen LogP contribution < -0.4 is 10.6 Å². The van der Waals surface area contributed by atoms with Gasteiger partial charge in [-0.1, -0.05) is 19.1 Å². The molecule has 21 heavy (non-hydrogen) atoms. The van der Waals surface area contributed by atoms with Gasteiger partial charge in [0.2, 0.25) is 5.91 Å². The fourth-order valence-electron chi connectivity index (χ4n) is 1.77. The lowest BCUT2D eigenvalue weighted by atomic mass is 10.1. The van der Waals surface area contributed by atoms with Gasteiger partial charge in [-0.2, -0.15) is 13.2 Å². The number of amides is 1. The lowest BCUT2D eigenvalue weighted by Gasteiger charge is -2.14. The summed E-state index contributed by atoms with van der Waals surface area (Å²) in [6.45, 7) is 2.71. The molecule has 0 aliphatic rings. The summed E-state index contributed by atoms with van der Waals surface area (Å²) in [6.07, 6.45) is -4.43. The van der Waals surface area contributed by atoms with Crippen molar-refractivity contribution in [2.75, 3.05) is 25.1 Å². The maximum absolute atomic E-state index is 11.9. The second-order valence-corrected chi connectivity index (χ2v) is 4.56. The molecular formula is C14H19F3N2O2. The molecule has 0 aliphatic carbocycles. The average molecular weight is 304 g/mol. The molecule has 0 aromatic heterocycles. The van der Waals surface area contributed by atoms with Gasteiger partial charge in [-0.05, 0) is 31.2 Å². The van der Waals surface area contributed by atoms with Gasteiger partial charge in [0.1, 0.15) is 13.2 Å². The Morgan fingerprint density at radius 2 is 2.10 bits per heavy atom. The minimum absolute atomic E-state index is 0.119. The first-order chi connectivity index (χ1) is 9.81. The van der Waals surface area contributed by atoms with Gasteiger partial charge in [0, 0.05) is 11.7 Å². The standard InChI is InChI=1S/C14H19F3N2O2/c1-3-18-10(2)11-5-4-6-12(7-11)19-13(20)8-21-9-14(15,16)17/h4-7,10,18H,3,8-9H2,1-2H3,(H,19,20). The Balaban J connectivity index is 2.51. The molecule has 118 valence electrons. The molecule has 0 spiro atoms. The lowest BCUT2D eigenvalue weighted by Crippen LogP contribution is -2.24. The predicted octanol–water partition coefficient (Wildman–Crippen LogP) is 2.87. The van der Waals surface area contributed by atoms with Crippen molar-refractivity contribution in [1.82, 2.24) is 5.32 Å². The zero-order valence-corrected chi connectivity index (χ0v) is 12.0. The van der Waals surface area contributed by atoms with Crippen LogP contribution in [0.5, 0.6) is 0 Å². The van der Waals surface area contributed by atoms with Crippen molar-refractivity contribution in [3.05, 3.63) is 29.8 Å². The Labute approximate surface area is 121 Å². The number of alkyl halides is 3. The monoisotopic (exact) mass is 304 g/mol. The highest BCUT2D eigenvalue weighted by molar-refractivity contribution is 5.91. The van der Waals surface area contributed by atoms with Crippen molar-refractivity contribution in [1.29, 1.82) is 0 Å². The minimum atomic E-state index is -4.43. The molecule has 2 N–H and O–H groups in total. The number of anilines is 1. The second-order valence-electron chi connectivity index (χ2n) is 4.56. The summed E-state index contributed by atoms with van der Waals surface area (Å²) < 4.78 is 39.9. The van der Waals surface area contributed by atoms with Gasteiger partial charge in [-0.15, -0.1) is 0 Å². The number of carbonyl (C=O) groups excluding carboxylic acids is 1. The molecule has 1 aromatic rings. The number of hydrogen-bond donors (Lipinski definition) is 2. The smallest absolute Gasteiger partial charge is 0.362 e. The molecule has 1 rings (SSSR count). The molecule has 0 saturated heterocycles. The molecule has 4 nitrogen and oxygen atoms in total. The van der Waals surface area contributed by atoms with Gasteiger partial charge >= 0.3 is 6.18 Å². The predicted molar refractivity (Wildman–Crippen MR) is 74.0 cm³/mol. The van der Waals surface area contributed by atoms with Crippen LogP contribution in [0.4, 0.5) is 18.9 Å². The number of benzene rings is 1. The van der Waals surface area contributed by atoms with Crippen LogP contribution in [-0.2, 0) is 9.53 Å². The molecule has 1 atom stereocenters. The van der Waals surface area contributed by atoms with E-state index in [0.717, 1.165) is 12.1 Å². The molecule has 0 fully saturated rings. The summed E-state index contributed by atoms with van der Waals surface area (Å²) in [5.74, 6) is -0.618. The van der Waals surface area contributed by atoms with Crippen LogP contribution in [0.3, 0.4) is 0 Å². The molecule has 7 heteroatoms. The fraction of sp³-hybridized carbons (Fsp3) is 0.500. The van der Waals surface area contributed by atoms with Crippen LogP contribution in [0, 0.1) is 0 Å². The van der Waals surface area contributed by atoms with Crippen molar-refractivity contribution in [3.63, 3.8) is 0 Å². The van der Waals surface area contributed by atoms with E-state index in [2.05, 4.69) is 15.4 Å². The molecule has 0 radical (unpaired) electrons. The minimum Gasteiger partial charge on any atom is -0.362 e. The van der Waals surface area contributed by atoms with E-state index < -0.39 is 25.3 Å². The Morgan fingerprint density at radius 1 is 1.38 bits per heavy atom. The normalized spacial score (nSPS) is 13.0. The largest absolute Gasteiger partial charge is 0.411 e. The number of ether oxygens (including phenoxy) is 1. The van der Waals surface area contributed by atoms with Crippen LogP contribution in [0.15, 0.2) is 24.3 Å². The highest BCUT2D eigenvalue weighted by Crippen LogP contribution is 2.17. The molecule has 0 saturated carbocycles. The van der Waals surface area contributed by atoms with Crippen LogP contribution in [0.2, 0.25) is 0 Å². The molecular weight excluding hydrogens is 285 g/mol. The van der Waals surface area contributed by atoms with Crippen molar-refractivity contribution in [2.45, 2.75) is 26.1 Å². The molecule has 0 heterocycles. The van der Waals surface area contributed by atoms with E-state index in [1.54, 1.807) is 18.2 Å². The maximum Gasteiger partial charge on any atom is 0.411 e. The zero-order valence-electron chi connectivity index (χ0n) is 12.0.